The Morgan fingerprint density at radius 2 is 1.67 bits per heavy atom. The molecule has 2 aromatic rings. The lowest BCUT2D eigenvalue weighted by atomic mass is 10.1. The molecule has 9 heteroatoms. The molecule has 0 radical (unpaired) electrons. The summed E-state index contributed by atoms with van der Waals surface area (Å²) in [7, 11) is 2.22. The van der Waals surface area contributed by atoms with Gasteiger partial charge in [0.25, 0.3) is 0 Å². The Bertz CT molecular complexity index is 927. The number of esters is 3. The van der Waals surface area contributed by atoms with Crippen molar-refractivity contribution in [2.24, 2.45) is 0 Å². The number of carbonyl (C=O) groups is 4. The van der Waals surface area contributed by atoms with Crippen LogP contribution in [0, 0.1) is 0 Å². The number of nitrogens with one attached hydrogen (secondary N) is 1. The topological polar surface area (TPSA) is 108 Å². The summed E-state index contributed by atoms with van der Waals surface area (Å²) in [6, 6.07) is 12.0. The molecule has 1 unspecified atom stereocenters. The molecular weight excluding hydrogens is 414 g/mol. The van der Waals surface area contributed by atoms with Gasteiger partial charge >= 0.3 is 23.8 Å². The van der Waals surface area contributed by atoms with Gasteiger partial charge in [-0.2, -0.15) is 0 Å². The zero-order valence-electron chi connectivity index (χ0n) is 16.3. The number of methoxy groups -OCH3 is 2. The SMILES string of the molecule is COC(=O)C(=O)NC(Cc1ccc(OC(=O)c2cccc(CCl)c2)cc1)C(=O)OC. The quantitative estimate of drug-likeness (QED) is 0.308. The van der Waals surface area contributed by atoms with Gasteiger partial charge in [0, 0.05) is 12.3 Å². The number of rotatable bonds is 7. The van der Waals surface area contributed by atoms with E-state index >= 15 is 0 Å². The first-order valence-electron chi connectivity index (χ1n) is 8.80. The summed E-state index contributed by atoms with van der Waals surface area (Å²) >= 11 is 5.78. The van der Waals surface area contributed by atoms with Crippen molar-refractivity contribution in [2.75, 3.05) is 14.2 Å². The van der Waals surface area contributed by atoms with Crippen LogP contribution in [-0.2, 0) is 36.2 Å². The number of benzene rings is 2. The zero-order chi connectivity index (χ0) is 22.1. The number of halogens is 1. The van der Waals surface area contributed by atoms with E-state index in [2.05, 4.69) is 14.8 Å². The molecule has 30 heavy (non-hydrogen) atoms. The maximum atomic E-state index is 12.3. The Morgan fingerprint density at radius 1 is 0.967 bits per heavy atom. The molecule has 0 saturated carbocycles. The highest BCUT2D eigenvalue weighted by atomic mass is 35.5. The second-order valence-electron chi connectivity index (χ2n) is 6.11. The molecule has 0 aliphatic rings. The molecule has 158 valence electrons. The first kappa shape index (κ1) is 22.9. The van der Waals surface area contributed by atoms with Crippen molar-refractivity contribution in [1.82, 2.24) is 5.32 Å². The van der Waals surface area contributed by atoms with Gasteiger partial charge in [0.15, 0.2) is 0 Å². The van der Waals surface area contributed by atoms with E-state index in [9.17, 15) is 19.2 Å². The van der Waals surface area contributed by atoms with Crippen molar-refractivity contribution in [1.29, 1.82) is 0 Å². The Hall–Kier alpha value is -3.39. The van der Waals surface area contributed by atoms with Crippen molar-refractivity contribution in [3.63, 3.8) is 0 Å². The molecule has 0 heterocycles. The van der Waals surface area contributed by atoms with Gasteiger partial charge < -0.3 is 19.5 Å². The van der Waals surface area contributed by atoms with E-state index in [1.54, 1.807) is 48.5 Å². The Morgan fingerprint density at radius 3 is 2.27 bits per heavy atom. The molecule has 2 rings (SSSR count). The number of carbonyl (C=O) groups excluding carboxylic acids is 4. The van der Waals surface area contributed by atoms with Crippen molar-refractivity contribution in [3.8, 4) is 5.75 Å². The second-order valence-corrected chi connectivity index (χ2v) is 6.38. The van der Waals surface area contributed by atoms with Crippen LogP contribution in [0.3, 0.4) is 0 Å². The summed E-state index contributed by atoms with van der Waals surface area (Å²) in [5, 5.41) is 2.26. The third-order valence-corrected chi connectivity index (χ3v) is 4.36. The lowest BCUT2D eigenvalue weighted by molar-refractivity contribution is -0.154. The predicted molar refractivity (Wildman–Crippen MR) is 107 cm³/mol. The van der Waals surface area contributed by atoms with Crippen molar-refractivity contribution >= 4 is 35.4 Å². The molecular formula is C21H20ClNO7. The van der Waals surface area contributed by atoms with Crippen LogP contribution >= 0.6 is 11.6 Å². The standard InChI is InChI=1S/C21H20ClNO7/c1-28-20(26)17(23-18(24)21(27)29-2)11-13-6-8-16(9-7-13)30-19(25)15-5-3-4-14(10-15)12-22/h3-10,17H,11-12H2,1-2H3,(H,23,24). The third kappa shape index (κ3) is 6.31. The van der Waals surface area contributed by atoms with Gasteiger partial charge in [-0.15, -0.1) is 11.6 Å². The minimum atomic E-state index is -1.12. The lowest BCUT2D eigenvalue weighted by Crippen LogP contribution is -2.46. The van der Waals surface area contributed by atoms with E-state index in [-0.39, 0.29) is 12.3 Å². The molecule has 0 aliphatic carbocycles. The minimum absolute atomic E-state index is 0.0569. The smallest absolute Gasteiger partial charge is 0.396 e. The number of alkyl halides is 1. The lowest BCUT2D eigenvalue weighted by Gasteiger charge is -2.16. The van der Waals surface area contributed by atoms with Crippen molar-refractivity contribution in [3.05, 3.63) is 65.2 Å². The Labute approximate surface area is 178 Å². The normalized spacial score (nSPS) is 11.2. The summed E-state index contributed by atoms with van der Waals surface area (Å²) in [5.41, 5.74) is 1.80. The molecule has 0 bridgehead atoms. The minimum Gasteiger partial charge on any atom is -0.467 e. The largest absolute Gasteiger partial charge is 0.467 e. The van der Waals surface area contributed by atoms with E-state index in [1.807, 2.05) is 0 Å². The zero-order valence-corrected chi connectivity index (χ0v) is 17.1. The Kier molecular flexibility index (Phi) is 8.37. The van der Waals surface area contributed by atoms with Gasteiger partial charge in [-0.05, 0) is 35.4 Å². The predicted octanol–water partition coefficient (Wildman–Crippen LogP) is 2.02. The van der Waals surface area contributed by atoms with Crippen molar-refractivity contribution in [2.45, 2.75) is 18.3 Å². The number of amides is 1. The fraction of sp³-hybridized carbons (Fsp3) is 0.238. The monoisotopic (exact) mass is 433 g/mol. The molecule has 0 spiro atoms. The van der Waals surface area contributed by atoms with E-state index in [1.165, 1.54) is 7.11 Å². The van der Waals surface area contributed by atoms with Gasteiger partial charge in [0.05, 0.1) is 19.8 Å². The van der Waals surface area contributed by atoms with E-state index < -0.39 is 29.9 Å². The summed E-state index contributed by atoms with van der Waals surface area (Å²) in [6.45, 7) is 0. The van der Waals surface area contributed by atoms with Crippen LogP contribution in [0.25, 0.3) is 0 Å². The molecule has 0 fully saturated rings. The van der Waals surface area contributed by atoms with E-state index in [0.717, 1.165) is 12.7 Å². The van der Waals surface area contributed by atoms with E-state index in [0.29, 0.717) is 16.9 Å². The second kappa shape index (κ2) is 11.0. The van der Waals surface area contributed by atoms with Gasteiger partial charge in [0.1, 0.15) is 11.8 Å². The van der Waals surface area contributed by atoms with Crippen LogP contribution in [0.15, 0.2) is 48.5 Å². The highest BCUT2D eigenvalue weighted by Crippen LogP contribution is 2.17. The van der Waals surface area contributed by atoms with Crippen LogP contribution in [-0.4, -0.2) is 44.1 Å². The molecule has 1 amide bonds. The molecule has 2 aromatic carbocycles. The number of ether oxygens (including phenoxy) is 3. The first-order valence-corrected chi connectivity index (χ1v) is 9.34. The van der Waals surface area contributed by atoms with Gasteiger partial charge in [-0.3, -0.25) is 4.79 Å². The van der Waals surface area contributed by atoms with Gasteiger partial charge in [-0.25, -0.2) is 14.4 Å². The Balaban J connectivity index is 2.05. The number of hydrogen-bond donors (Lipinski definition) is 1. The average molecular weight is 434 g/mol. The van der Waals surface area contributed by atoms with Gasteiger partial charge in [-0.1, -0.05) is 24.3 Å². The average Bonchev–Trinajstić information content (AvgIpc) is 2.78. The maximum Gasteiger partial charge on any atom is 0.396 e. The van der Waals surface area contributed by atoms with Crippen molar-refractivity contribution < 1.29 is 33.4 Å². The van der Waals surface area contributed by atoms with Crippen LogP contribution < -0.4 is 10.1 Å². The summed E-state index contributed by atoms with van der Waals surface area (Å²) in [4.78, 5) is 47.2. The van der Waals surface area contributed by atoms with Crippen LogP contribution in [0.4, 0.5) is 0 Å². The molecule has 1 N–H and O–H groups in total. The molecule has 0 aliphatic heterocycles. The highest BCUT2D eigenvalue weighted by Gasteiger charge is 2.25. The third-order valence-electron chi connectivity index (χ3n) is 4.05. The van der Waals surface area contributed by atoms with Crippen LogP contribution in [0.2, 0.25) is 0 Å². The molecule has 1 atom stereocenters. The van der Waals surface area contributed by atoms with Crippen LogP contribution in [0.5, 0.6) is 5.75 Å². The van der Waals surface area contributed by atoms with Gasteiger partial charge in [0.2, 0.25) is 0 Å². The maximum absolute atomic E-state index is 12.3. The summed E-state index contributed by atoms with van der Waals surface area (Å²) in [6.07, 6.45) is 0.0569. The fourth-order valence-electron chi connectivity index (χ4n) is 2.52. The van der Waals surface area contributed by atoms with E-state index in [4.69, 9.17) is 16.3 Å². The molecule has 0 aromatic heterocycles. The fourth-order valence-corrected chi connectivity index (χ4v) is 2.69. The number of hydrogen-bond acceptors (Lipinski definition) is 7. The molecule has 0 saturated heterocycles. The highest BCUT2D eigenvalue weighted by molar-refractivity contribution is 6.32. The first-order chi connectivity index (χ1) is 14.4. The summed E-state index contributed by atoms with van der Waals surface area (Å²) in [5.74, 6) is -2.85. The summed E-state index contributed by atoms with van der Waals surface area (Å²) < 4.78 is 14.3. The molecule has 8 nitrogen and oxygen atoms in total. The van der Waals surface area contributed by atoms with Crippen LogP contribution in [0.1, 0.15) is 21.5 Å².